The Morgan fingerprint density at radius 1 is 1.04 bits per heavy atom. The van der Waals surface area contributed by atoms with Gasteiger partial charge in [-0.15, -0.1) is 0 Å². The molecule has 24 heavy (non-hydrogen) atoms. The highest BCUT2D eigenvalue weighted by molar-refractivity contribution is 6.01. The van der Waals surface area contributed by atoms with Gasteiger partial charge in [-0.1, -0.05) is 18.2 Å². The molecule has 0 radical (unpaired) electrons. The molecule has 120 valence electrons. The van der Waals surface area contributed by atoms with Crippen molar-refractivity contribution >= 4 is 17.3 Å². The number of nitriles is 1. The Balaban J connectivity index is 1.59. The Morgan fingerprint density at radius 3 is 2.62 bits per heavy atom. The van der Waals surface area contributed by atoms with Crippen LogP contribution in [0.4, 0.5) is 11.4 Å². The van der Waals surface area contributed by atoms with Crippen LogP contribution in [0.15, 0.2) is 48.5 Å². The Kier molecular flexibility index (Phi) is 3.70. The molecule has 0 unspecified atom stereocenters. The summed E-state index contributed by atoms with van der Waals surface area (Å²) in [4.78, 5) is 17.1. The van der Waals surface area contributed by atoms with E-state index in [1.165, 1.54) is 11.3 Å². The van der Waals surface area contributed by atoms with E-state index in [0.29, 0.717) is 5.56 Å². The van der Waals surface area contributed by atoms with Crippen molar-refractivity contribution in [3.63, 3.8) is 0 Å². The Bertz CT molecular complexity index is 806. The predicted molar refractivity (Wildman–Crippen MR) is 94.0 cm³/mol. The summed E-state index contributed by atoms with van der Waals surface area (Å²) < 4.78 is 0. The minimum absolute atomic E-state index is 0.0814. The summed E-state index contributed by atoms with van der Waals surface area (Å²) in [5, 5.41) is 8.91. The summed E-state index contributed by atoms with van der Waals surface area (Å²) >= 11 is 0. The van der Waals surface area contributed by atoms with E-state index in [4.69, 9.17) is 5.26 Å². The molecule has 1 atom stereocenters. The second kappa shape index (κ2) is 6.01. The van der Waals surface area contributed by atoms with E-state index in [1.807, 2.05) is 17.0 Å². The topological polar surface area (TPSA) is 47.3 Å². The zero-order valence-corrected chi connectivity index (χ0v) is 13.5. The highest BCUT2D eigenvalue weighted by atomic mass is 16.2. The van der Waals surface area contributed by atoms with Gasteiger partial charge in [-0.25, -0.2) is 0 Å². The van der Waals surface area contributed by atoms with Crippen molar-refractivity contribution in [2.75, 3.05) is 22.9 Å². The molecule has 1 amide bonds. The van der Waals surface area contributed by atoms with Crippen LogP contribution >= 0.6 is 0 Å². The van der Waals surface area contributed by atoms with Crippen LogP contribution in [0.3, 0.4) is 0 Å². The lowest BCUT2D eigenvalue weighted by atomic mass is 9.99. The normalized spacial score (nSPS) is 20.0. The van der Waals surface area contributed by atoms with Gasteiger partial charge < -0.3 is 9.80 Å². The van der Waals surface area contributed by atoms with E-state index in [0.717, 1.165) is 38.0 Å². The van der Waals surface area contributed by atoms with Gasteiger partial charge in [0, 0.05) is 24.5 Å². The molecule has 2 aromatic rings. The molecule has 4 heteroatoms. The van der Waals surface area contributed by atoms with Crippen LogP contribution in [-0.2, 0) is 11.2 Å². The van der Waals surface area contributed by atoms with Gasteiger partial charge in [0.15, 0.2) is 0 Å². The van der Waals surface area contributed by atoms with Gasteiger partial charge in [-0.2, -0.15) is 5.26 Å². The molecule has 4 nitrogen and oxygen atoms in total. The van der Waals surface area contributed by atoms with Crippen molar-refractivity contribution in [2.24, 2.45) is 0 Å². The minimum atomic E-state index is -0.0814. The van der Waals surface area contributed by atoms with E-state index in [9.17, 15) is 4.79 Å². The molecule has 0 aromatic heterocycles. The number of amides is 1. The van der Waals surface area contributed by atoms with Crippen LogP contribution < -0.4 is 9.80 Å². The SMILES string of the molecule is N#Cc1ccc(N2CC[C@@H](N3CCCc4ccccc43)C2=O)cc1. The van der Waals surface area contributed by atoms with E-state index < -0.39 is 0 Å². The number of carbonyl (C=O) groups is 1. The molecule has 2 aliphatic rings. The third kappa shape index (κ3) is 2.43. The number of rotatable bonds is 2. The number of carbonyl (C=O) groups excluding carboxylic acids is 1. The fourth-order valence-corrected chi connectivity index (χ4v) is 3.81. The lowest BCUT2D eigenvalue weighted by Gasteiger charge is -2.35. The van der Waals surface area contributed by atoms with Gasteiger partial charge in [-0.3, -0.25) is 4.79 Å². The first-order chi connectivity index (χ1) is 11.8. The molecule has 0 bridgehead atoms. The maximum Gasteiger partial charge on any atom is 0.249 e. The molecule has 2 aliphatic heterocycles. The first-order valence-corrected chi connectivity index (χ1v) is 8.44. The van der Waals surface area contributed by atoms with Crippen LogP contribution in [-0.4, -0.2) is 25.0 Å². The van der Waals surface area contributed by atoms with Gasteiger partial charge in [0.05, 0.1) is 11.6 Å². The van der Waals surface area contributed by atoms with Gasteiger partial charge in [0.1, 0.15) is 6.04 Å². The first-order valence-electron chi connectivity index (χ1n) is 8.44. The molecule has 0 N–H and O–H groups in total. The maximum atomic E-state index is 13.0. The number of para-hydroxylation sites is 1. The molecule has 2 aromatic carbocycles. The van der Waals surface area contributed by atoms with Crippen molar-refractivity contribution in [1.29, 1.82) is 5.26 Å². The molecule has 4 rings (SSSR count). The number of aryl methyl sites for hydroxylation is 1. The van der Waals surface area contributed by atoms with Crippen LogP contribution in [0, 0.1) is 11.3 Å². The Hall–Kier alpha value is -2.80. The second-order valence-corrected chi connectivity index (χ2v) is 6.38. The second-order valence-electron chi connectivity index (χ2n) is 6.38. The third-order valence-corrected chi connectivity index (χ3v) is 5.01. The number of anilines is 2. The highest BCUT2D eigenvalue weighted by Crippen LogP contribution is 2.33. The van der Waals surface area contributed by atoms with Crippen LogP contribution in [0.2, 0.25) is 0 Å². The van der Waals surface area contributed by atoms with Gasteiger partial charge in [0.2, 0.25) is 5.91 Å². The highest BCUT2D eigenvalue weighted by Gasteiger charge is 2.38. The number of benzene rings is 2. The Labute approximate surface area is 141 Å². The lowest BCUT2D eigenvalue weighted by molar-refractivity contribution is -0.118. The van der Waals surface area contributed by atoms with E-state index >= 15 is 0 Å². The van der Waals surface area contributed by atoms with Gasteiger partial charge in [-0.05, 0) is 55.2 Å². The molecule has 1 saturated heterocycles. The summed E-state index contributed by atoms with van der Waals surface area (Å²) in [5.74, 6) is 0.163. The van der Waals surface area contributed by atoms with Crippen molar-refractivity contribution < 1.29 is 4.79 Å². The molecule has 1 fully saturated rings. The largest absolute Gasteiger partial charge is 0.359 e. The molecule has 2 heterocycles. The monoisotopic (exact) mass is 317 g/mol. The number of hydrogen-bond donors (Lipinski definition) is 0. The fourth-order valence-electron chi connectivity index (χ4n) is 3.81. The van der Waals surface area contributed by atoms with Crippen molar-refractivity contribution in [1.82, 2.24) is 0 Å². The quantitative estimate of drug-likeness (QED) is 0.855. The maximum absolute atomic E-state index is 13.0. The smallest absolute Gasteiger partial charge is 0.249 e. The van der Waals surface area contributed by atoms with Crippen LogP contribution in [0.1, 0.15) is 24.0 Å². The average Bonchev–Trinajstić information content (AvgIpc) is 3.02. The molecule has 0 spiro atoms. The summed E-state index contributed by atoms with van der Waals surface area (Å²) in [5.41, 5.74) is 4.05. The molecule has 0 aliphatic carbocycles. The van der Waals surface area contributed by atoms with Crippen molar-refractivity contribution in [3.05, 3.63) is 59.7 Å². The standard InChI is InChI=1S/C20H19N3O/c21-14-15-7-9-17(10-8-15)22-13-11-19(20(22)24)23-12-3-5-16-4-1-2-6-18(16)23/h1-2,4,6-10,19H,3,5,11-13H2/t19-/m1/s1. The summed E-state index contributed by atoms with van der Waals surface area (Å²) in [6, 6.07) is 17.7. The van der Waals surface area contributed by atoms with Gasteiger partial charge >= 0.3 is 0 Å². The van der Waals surface area contributed by atoms with E-state index in [1.54, 1.807) is 12.1 Å². The number of fused-ring (bicyclic) bond motifs is 1. The molecular formula is C20H19N3O. The zero-order valence-electron chi connectivity index (χ0n) is 13.5. The summed E-state index contributed by atoms with van der Waals surface area (Å²) in [7, 11) is 0. The molecular weight excluding hydrogens is 298 g/mol. The Morgan fingerprint density at radius 2 is 1.83 bits per heavy atom. The van der Waals surface area contributed by atoms with Crippen LogP contribution in [0.25, 0.3) is 0 Å². The minimum Gasteiger partial charge on any atom is -0.359 e. The molecule has 0 saturated carbocycles. The number of hydrogen-bond acceptors (Lipinski definition) is 3. The third-order valence-electron chi connectivity index (χ3n) is 5.01. The van der Waals surface area contributed by atoms with Crippen molar-refractivity contribution in [2.45, 2.75) is 25.3 Å². The predicted octanol–water partition coefficient (Wildman–Crippen LogP) is 3.12. The number of nitrogens with zero attached hydrogens (tertiary/aromatic N) is 3. The van der Waals surface area contributed by atoms with Gasteiger partial charge in [0.25, 0.3) is 0 Å². The van der Waals surface area contributed by atoms with Crippen molar-refractivity contribution in [3.8, 4) is 6.07 Å². The lowest BCUT2D eigenvalue weighted by Crippen LogP contribution is -2.44. The van der Waals surface area contributed by atoms with E-state index in [2.05, 4.69) is 35.2 Å². The average molecular weight is 317 g/mol. The summed E-state index contributed by atoms with van der Waals surface area (Å²) in [6.45, 7) is 1.67. The van der Waals surface area contributed by atoms with Crippen LogP contribution in [0.5, 0.6) is 0 Å². The first kappa shape index (κ1) is 14.8. The summed E-state index contributed by atoms with van der Waals surface area (Å²) in [6.07, 6.45) is 3.03. The fraction of sp³-hybridized carbons (Fsp3) is 0.300. The zero-order chi connectivity index (χ0) is 16.5. The van der Waals surface area contributed by atoms with E-state index in [-0.39, 0.29) is 11.9 Å².